The van der Waals surface area contributed by atoms with E-state index in [0.29, 0.717) is 12.1 Å². The minimum Gasteiger partial charge on any atom is -0.359 e. The summed E-state index contributed by atoms with van der Waals surface area (Å²) in [6.45, 7) is 7.21. The van der Waals surface area contributed by atoms with Gasteiger partial charge in [-0.05, 0) is 24.1 Å². The third kappa shape index (κ3) is 3.73. The molecule has 0 heterocycles. The molecule has 0 aliphatic rings. The zero-order valence-electron chi connectivity index (χ0n) is 11.0. The number of aryl methyl sites for hydroxylation is 1. The Hall–Kier alpha value is -2.10. The van der Waals surface area contributed by atoms with Gasteiger partial charge in [0.1, 0.15) is 0 Å². The quantitative estimate of drug-likeness (QED) is 0.843. The van der Waals surface area contributed by atoms with Crippen LogP contribution in [0.5, 0.6) is 0 Å². The van der Waals surface area contributed by atoms with Crippen LogP contribution in [0.25, 0.3) is 5.70 Å². The number of hydrogen-bond donors (Lipinski definition) is 2. The fraction of sp³-hybridized carbons (Fsp3) is 0.286. The summed E-state index contributed by atoms with van der Waals surface area (Å²) < 4.78 is 0. The van der Waals surface area contributed by atoms with E-state index in [1.54, 1.807) is 7.05 Å². The van der Waals surface area contributed by atoms with Gasteiger partial charge in [-0.15, -0.1) is 0 Å². The highest BCUT2D eigenvalue weighted by atomic mass is 16.2. The predicted molar refractivity (Wildman–Crippen MR) is 71.8 cm³/mol. The van der Waals surface area contributed by atoms with E-state index < -0.39 is 0 Å². The van der Waals surface area contributed by atoms with E-state index in [0.717, 1.165) is 16.7 Å². The van der Waals surface area contributed by atoms with Crippen LogP contribution in [0.4, 0.5) is 0 Å². The number of rotatable bonds is 4. The lowest BCUT2D eigenvalue weighted by molar-refractivity contribution is -0.120. The zero-order valence-corrected chi connectivity index (χ0v) is 11.0. The summed E-state index contributed by atoms with van der Waals surface area (Å²) in [6.07, 6.45) is 0.317. The molecule has 0 aliphatic heterocycles. The van der Waals surface area contributed by atoms with Gasteiger partial charge in [-0.2, -0.15) is 0 Å². The van der Waals surface area contributed by atoms with Gasteiger partial charge >= 0.3 is 0 Å². The molecule has 0 radical (unpaired) electrons. The number of likely N-dealkylation sites (N-methyl/N-ethyl adjacent to an activating group) is 1. The van der Waals surface area contributed by atoms with Crippen LogP contribution in [0.15, 0.2) is 24.8 Å². The summed E-state index contributed by atoms with van der Waals surface area (Å²) in [5.74, 6) is -0.203. The first kappa shape index (κ1) is 14.0. The first-order valence-electron chi connectivity index (χ1n) is 5.71. The molecular weight excluding hydrogens is 228 g/mol. The standard InChI is InChI=1S/C14H18N2O2/c1-9-5-6-12(8-14(18)15-4)7-13(9)10(2)16-11(3)17/h5-7H,2,8H2,1,3-4H3,(H,15,18)(H,16,17). The molecule has 1 aromatic carbocycles. The van der Waals surface area contributed by atoms with E-state index in [1.165, 1.54) is 6.92 Å². The van der Waals surface area contributed by atoms with Crippen molar-refractivity contribution in [2.75, 3.05) is 7.05 Å². The molecular formula is C14H18N2O2. The number of hydrogen-bond acceptors (Lipinski definition) is 2. The normalized spacial score (nSPS) is 9.72. The van der Waals surface area contributed by atoms with Crippen molar-refractivity contribution in [2.24, 2.45) is 0 Å². The molecule has 0 fully saturated rings. The third-order valence-electron chi connectivity index (χ3n) is 2.60. The summed E-state index contributed by atoms with van der Waals surface area (Å²) in [5, 5.41) is 5.24. The van der Waals surface area contributed by atoms with Crippen molar-refractivity contribution in [3.63, 3.8) is 0 Å². The highest BCUT2D eigenvalue weighted by Gasteiger charge is 2.07. The van der Waals surface area contributed by atoms with Gasteiger partial charge < -0.3 is 10.6 Å². The largest absolute Gasteiger partial charge is 0.359 e. The summed E-state index contributed by atoms with van der Waals surface area (Å²) in [5.41, 5.74) is 3.31. The Kier molecular flexibility index (Phi) is 4.66. The Balaban J connectivity index is 2.97. The van der Waals surface area contributed by atoms with Crippen LogP contribution in [0.3, 0.4) is 0 Å². The fourth-order valence-electron chi connectivity index (χ4n) is 1.66. The summed E-state index contributed by atoms with van der Waals surface area (Å²) in [6, 6.07) is 5.69. The summed E-state index contributed by atoms with van der Waals surface area (Å²) in [4.78, 5) is 22.3. The van der Waals surface area contributed by atoms with Crippen molar-refractivity contribution in [3.05, 3.63) is 41.5 Å². The van der Waals surface area contributed by atoms with Crippen LogP contribution in [0.1, 0.15) is 23.6 Å². The first-order chi connectivity index (χ1) is 8.43. The lowest BCUT2D eigenvalue weighted by Gasteiger charge is -2.11. The van der Waals surface area contributed by atoms with Gasteiger partial charge in [-0.3, -0.25) is 9.59 Å². The minimum absolute atomic E-state index is 0.0463. The number of carbonyl (C=O) groups excluding carboxylic acids is 2. The number of benzene rings is 1. The number of nitrogens with one attached hydrogen (secondary N) is 2. The van der Waals surface area contributed by atoms with Gasteiger partial charge in [0.05, 0.1) is 6.42 Å². The molecule has 18 heavy (non-hydrogen) atoms. The van der Waals surface area contributed by atoms with Gasteiger partial charge in [0.15, 0.2) is 0 Å². The average Bonchev–Trinajstić information content (AvgIpc) is 2.30. The molecule has 96 valence electrons. The van der Waals surface area contributed by atoms with Crippen LogP contribution < -0.4 is 10.6 Å². The fourth-order valence-corrected chi connectivity index (χ4v) is 1.66. The van der Waals surface area contributed by atoms with Crippen molar-refractivity contribution in [3.8, 4) is 0 Å². The predicted octanol–water partition coefficient (Wildman–Crippen LogP) is 1.39. The second-order valence-electron chi connectivity index (χ2n) is 4.16. The second kappa shape index (κ2) is 6.00. The Morgan fingerprint density at radius 3 is 2.56 bits per heavy atom. The molecule has 4 heteroatoms. The third-order valence-corrected chi connectivity index (χ3v) is 2.60. The Morgan fingerprint density at radius 2 is 2.00 bits per heavy atom. The smallest absolute Gasteiger partial charge is 0.224 e. The molecule has 0 saturated heterocycles. The molecule has 0 spiro atoms. The minimum atomic E-state index is -0.156. The van der Waals surface area contributed by atoms with Gasteiger partial charge in [0.2, 0.25) is 11.8 Å². The van der Waals surface area contributed by atoms with Crippen LogP contribution >= 0.6 is 0 Å². The molecule has 1 aromatic rings. The molecule has 2 N–H and O–H groups in total. The van der Waals surface area contributed by atoms with E-state index in [9.17, 15) is 9.59 Å². The lowest BCUT2D eigenvalue weighted by atomic mass is 10.0. The van der Waals surface area contributed by atoms with Crippen molar-refractivity contribution in [1.29, 1.82) is 0 Å². The van der Waals surface area contributed by atoms with E-state index in [2.05, 4.69) is 17.2 Å². The molecule has 1 rings (SSSR count). The van der Waals surface area contributed by atoms with Crippen LogP contribution in [0.2, 0.25) is 0 Å². The van der Waals surface area contributed by atoms with E-state index in [1.807, 2.05) is 25.1 Å². The van der Waals surface area contributed by atoms with E-state index in [4.69, 9.17) is 0 Å². The zero-order chi connectivity index (χ0) is 13.7. The molecule has 0 aromatic heterocycles. The maximum Gasteiger partial charge on any atom is 0.224 e. The monoisotopic (exact) mass is 246 g/mol. The van der Waals surface area contributed by atoms with Crippen molar-refractivity contribution < 1.29 is 9.59 Å². The number of carbonyl (C=O) groups is 2. The highest BCUT2D eigenvalue weighted by molar-refractivity contribution is 5.85. The van der Waals surface area contributed by atoms with Gasteiger partial charge in [0, 0.05) is 25.2 Å². The van der Waals surface area contributed by atoms with Crippen molar-refractivity contribution in [1.82, 2.24) is 10.6 Å². The maximum atomic E-state index is 11.3. The molecule has 4 nitrogen and oxygen atoms in total. The van der Waals surface area contributed by atoms with Crippen molar-refractivity contribution in [2.45, 2.75) is 20.3 Å². The Labute approximate surface area is 107 Å². The highest BCUT2D eigenvalue weighted by Crippen LogP contribution is 2.17. The van der Waals surface area contributed by atoms with Crippen LogP contribution in [-0.4, -0.2) is 18.9 Å². The molecule has 2 amide bonds. The van der Waals surface area contributed by atoms with Crippen LogP contribution in [0, 0.1) is 6.92 Å². The van der Waals surface area contributed by atoms with Gasteiger partial charge in [-0.1, -0.05) is 18.7 Å². The van der Waals surface area contributed by atoms with E-state index >= 15 is 0 Å². The Morgan fingerprint density at radius 1 is 1.33 bits per heavy atom. The SMILES string of the molecule is C=C(NC(C)=O)c1cc(CC(=O)NC)ccc1C. The second-order valence-corrected chi connectivity index (χ2v) is 4.16. The Bertz CT molecular complexity index is 493. The van der Waals surface area contributed by atoms with Crippen molar-refractivity contribution >= 4 is 17.5 Å². The molecule has 0 aliphatic carbocycles. The molecule has 0 atom stereocenters. The molecule has 0 saturated carbocycles. The van der Waals surface area contributed by atoms with Gasteiger partial charge in [0.25, 0.3) is 0 Å². The lowest BCUT2D eigenvalue weighted by Crippen LogP contribution is -2.20. The average molecular weight is 246 g/mol. The first-order valence-corrected chi connectivity index (χ1v) is 5.71. The topological polar surface area (TPSA) is 58.2 Å². The molecule has 0 bridgehead atoms. The number of amides is 2. The van der Waals surface area contributed by atoms with E-state index in [-0.39, 0.29) is 11.8 Å². The van der Waals surface area contributed by atoms with Gasteiger partial charge in [-0.25, -0.2) is 0 Å². The maximum absolute atomic E-state index is 11.3. The summed E-state index contributed by atoms with van der Waals surface area (Å²) in [7, 11) is 1.60. The van der Waals surface area contributed by atoms with Crippen LogP contribution in [-0.2, 0) is 16.0 Å². The summed E-state index contributed by atoms with van der Waals surface area (Å²) >= 11 is 0. The molecule has 0 unspecified atom stereocenters.